The lowest BCUT2D eigenvalue weighted by molar-refractivity contribution is -0.671. The smallest absolute Gasteiger partial charge is 0.168 e. The van der Waals surface area contributed by atoms with E-state index < -0.39 is 5.97 Å². The van der Waals surface area contributed by atoms with E-state index in [2.05, 4.69) is 17.4 Å². The lowest BCUT2D eigenvalue weighted by Crippen LogP contribution is -2.27. The highest BCUT2D eigenvalue weighted by Crippen LogP contribution is 1.95. The van der Waals surface area contributed by atoms with Crippen molar-refractivity contribution in [2.45, 2.75) is 19.3 Å². The first-order valence-electron chi connectivity index (χ1n) is 5.53. The third-order valence-electron chi connectivity index (χ3n) is 2.37. The van der Waals surface area contributed by atoms with Crippen molar-refractivity contribution in [2.24, 2.45) is 7.05 Å². The Morgan fingerprint density at radius 2 is 2.06 bits per heavy atom. The fraction of sp³-hybridized carbons (Fsp3) is 0.500. The minimum absolute atomic E-state index is 0.133. The maximum absolute atomic E-state index is 10.1. The molecule has 1 heterocycles. The molecule has 0 amide bonds. The highest BCUT2D eigenvalue weighted by molar-refractivity contribution is 5.64. The Morgan fingerprint density at radius 1 is 1.38 bits per heavy atom. The third-order valence-corrected chi connectivity index (χ3v) is 2.37. The molecular formula is C12H18N2O2. The number of aliphatic carboxylic acids is 1. The molecule has 0 saturated heterocycles. The summed E-state index contributed by atoms with van der Waals surface area (Å²) in [6, 6.07) is 4.17. The van der Waals surface area contributed by atoms with E-state index >= 15 is 0 Å². The molecule has 0 aliphatic heterocycles. The van der Waals surface area contributed by atoms with E-state index in [1.165, 1.54) is 5.56 Å². The second kappa shape index (κ2) is 6.95. The average molecular weight is 222 g/mol. The number of aryl methyl sites for hydroxylation is 1. The minimum atomic E-state index is -0.975. The molecule has 0 atom stereocenters. The molecule has 0 radical (unpaired) electrons. The number of nitrogens with zero attached hydrogens (tertiary/aromatic N) is 1. The zero-order chi connectivity index (χ0) is 11.8. The van der Waals surface area contributed by atoms with Gasteiger partial charge in [0, 0.05) is 18.1 Å². The summed E-state index contributed by atoms with van der Waals surface area (Å²) < 4.78 is 2.00. The quantitative estimate of drug-likeness (QED) is 0.484. The number of aromatic nitrogens is 1. The van der Waals surface area contributed by atoms with Gasteiger partial charge < -0.3 is 15.2 Å². The summed E-state index contributed by atoms with van der Waals surface area (Å²) in [6.45, 7) is 1.61. The van der Waals surface area contributed by atoms with Crippen LogP contribution in [0.5, 0.6) is 0 Å². The highest BCUT2D eigenvalue weighted by Gasteiger charge is 1.95. The molecule has 0 fully saturated rings. The van der Waals surface area contributed by atoms with Crippen molar-refractivity contribution in [3.05, 3.63) is 30.1 Å². The summed E-state index contributed by atoms with van der Waals surface area (Å²) in [5.74, 6) is -0.975. The van der Waals surface area contributed by atoms with Crippen molar-refractivity contribution in [2.75, 3.05) is 13.1 Å². The molecule has 0 aliphatic rings. The first-order chi connectivity index (χ1) is 7.68. The number of carbonyl (C=O) groups excluding carboxylic acids is 1. The minimum Gasteiger partial charge on any atom is -0.550 e. The van der Waals surface area contributed by atoms with E-state index in [-0.39, 0.29) is 6.42 Å². The standard InChI is InChI=1S/C12H18N2O2/c1-14-9-5-11(6-10-14)4-8-13-7-2-3-12(15)16/h5-6,9-10,13H,2-4,7-8H2,1H3. The Morgan fingerprint density at radius 3 is 2.69 bits per heavy atom. The van der Waals surface area contributed by atoms with Gasteiger partial charge in [-0.3, -0.25) is 0 Å². The van der Waals surface area contributed by atoms with E-state index in [9.17, 15) is 9.90 Å². The first kappa shape index (κ1) is 12.6. The number of pyridine rings is 1. The molecule has 0 saturated carbocycles. The van der Waals surface area contributed by atoms with Crippen molar-refractivity contribution in [3.8, 4) is 0 Å². The maximum atomic E-state index is 10.1. The zero-order valence-corrected chi connectivity index (χ0v) is 9.61. The van der Waals surface area contributed by atoms with E-state index in [4.69, 9.17) is 0 Å². The van der Waals surface area contributed by atoms with Gasteiger partial charge in [0.1, 0.15) is 7.05 Å². The summed E-state index contributed by atoms with van der Waals surface area (Å²) in [5, 5.41) is 13.4. The molecule has 1 aromatic heterocycles. The second-order valence-corrected chi connectivity index (χ2v) is 3.85. The fourth-order valence-corrected chi connectivity index (χ4v) is 1.41. The number of hydrogen-bond donors (Lipinski definition) is 1. The molecular weight excluding hydrogens is 204 g/mol. The average Bonchev–Trinajstić information content (AvgIpc) is 2.25. The normalized spacial score (nSPS) is 10.3. The molecule has 1 aromatic rings. The molecule has 4 nitrogen and oxygen atoms in total. The van der Waals surface area contributed by atoms with E-state index in [0.717, 1.165) is 19.5 Å². The number of carbonyl (C=O) groups is 1. The number of carboxylic acid groups (broad SMARTS) is 1. The van der Waals surface area contributed by atoms with Crippen LogP contribution in [0.2, 0.25) is 0 Å². The van der Waals surface area contributed by atoms with Gasteiger partial charge in [0.2, 0.25) is 0 Å². The van der Waals surface area contributed by atoms with Crippen LogP contribution in [-0.2, 0) is 18.3 Å². The van der Waals surface area contributed by atoms with Crippen LogP contribution in [0.25, 0.3) is 0 Å². The van der Waals surface area contributed by atoms with Crippen LogP contribution < -0.4 is 15.0 Å². The van der Waals surface area contributed by atoms with Crippen LogP contribution in [0.3, 0.4) is 0 Å². The van der Waals surface area contributed by atoms with Crippen molar-refractivity contribution >= 4 is 5.97 Å². The summed E-state index contributed by atoms with van der Waals surface area (Å²) in [5.41, 5.74) is 1.28. The SMILES string of the molecule is C[n+]1ccc(CCNCCCC(=O)[O-])cc1. The predicted molar refractivity (Wildman–Crippen MR) is 58.4 cm³/mol. The Hall–Kier alpha value is -1.42. The van der Waals surface area contributed by atoms with Crippen molar-refractivity contribution < 1.29 is 14.5 Å². The van der Waals surface area contributed by atoms with Gasteiger partial charge in [-0.1, -0.05) is 0 Å². The maximum Gasteiger partial charge on any atom is 0.168 e. The lowest BCUT2D eigenvalue weighted by atomic mass is 10.2. The summed E-state index contributed by atoms with van der Waals surface area (Å²) >= 11 is 0. The number of hydrogen-bond acceptors (Lipinski definition) is 3. The van der Waals surface area contributed by atoms with Gasteiger partial charge in [0.25, 0.3) is 0 Å². The Bertz CT molecular complexity index is 322. The molecule has 0 aromatic carbocycles. The van der Waals surface area contributed by atoms with Crippen molar-refractivity contribution in [1.29, 1.82) is 0 Å². The topological polar surface area (TPSA) is 56.0 Å². The van der Waals surface area contributed by atoms with Gasteiger partial charge in [-0.15, -0.1) is 0 Å². The van der Waals surface area contributed by atoms with E-state index in [1.807, 2.05) is 24.0 Å². The summed E-state index contributed by atoms with van der Waals surface area (Å²) in [4.78, 5) is 10.1. The van der Waals surface area contributed by atoms with E-state index in [0.29, 0.717) is 6.42 Å². The van der Waals surface area contributed by atoms with Gasteiger partial charge in [-0.25, -0.2) is 4.57 Å². The van der Waals surface area contributed by atoms with Gasteiger partial charge in [0.05, 0.1) is 0 Å². The zero-order valence-electron chi connectivity index (χ0n) is 9.61. The Labute approximate surface area is 95.9 Å². The fourth-order valence-electron chi connectivity index (χ4n) is 1.41. The molecule has 0 unspecified atom stereocenters. The van der Waals surface area contributed by atoms with Crippen LogP contribution in [0.1, 0.15) is 18.4 Å². The molecule has 1 rings (SSSR count). The molecule has 1 N–H and O–H groups in total. The third kappa shape index (κ3) is 5.46. The van der Waals surface area contributed by atoms with Crippen LogP contribution in [0, 0.1) is 0 Å². The molecule has 0 spiro atoms. The molecule has 0 aliphatic carbocycles. The van der Waals surface area contributed by atoms with Gasteiger partial charge in [0.15, 0.2) is 12.4 Å². The van der Waals surface area contributed by atoms with Crippen LogP contribution in [0.4, 0.5) is 0 Å². The highest BCUT2D eigenvalue weighted by atomic mass is 16.4. The Kier molecular flexibility index (Phi) is 5.50. The van der Waals surface area contributed by atoms with Crippen molar-refractivity contribution in [3.63, 3.8) is 0 Å². The predicted octanol–water partition coefficient (Wildman–Crippen LogP) is -0.827. The summed E-state index contributed by atoms with van der Waals surface area (Å²) in [7, 11) is 1.99. The lowest BCUT2D eigenvalue weighted by Gasteiger charge is -2.04. The first-order valence-corrected chi connectivity index (χ1v) is 5.53. The van der Waals surface area contributed by atoms with Gasteiger partial charge in [-0.05, 0) is 37.9 Å². The molecule has 16 heavy (non-hydrogen) atoms. The van der Waals surface area contributed by atoms with Crippen LogP contribution >= 0.6 is 0 Å². The second-order valence-electron chi connectivity index (χ2n) is 3.85. The monoisotopic (exact) mass is 222 g/mol. The van der Waals surface area contributed by atoms with Crippen LogP contribution in [0.15, 0.2) is 24.5 Å². The van der Waals surface area contributed by atoms with Gasteiger partial charge in [-0.2, -0.15) is 0 Å². The number of rotatable bonds is 7. The molecule has 88 valence electrons. The molecule has 4 heteroatoms. The number of carboxylic acids is 1. The number of nitrogens with one attached hydrogen (secondary N) is 1. The van der Waals surface area contributed by atoms with E-state index in [1.54, 1.807) is 0 Å². The largest absolute Gasteiger partial charge is 0.550 e. The summed E-state index contributed by atoms with van der Waals surface area (Å²) in [6.07, 6.45) is 5.77. The van der Waals surface area contributed by atoms with Crippen LogP contribution in [-0.4, -0.2) is 19.1 Å². The van der Waals surface area contributed by atoms with Crippen molar-refractivity contribution in [1.82, 2.24) is 5.32 Å². The van der Waals surface area contributed by atoms with Gasteiger partial charge >= 0.3 is 0 Å². The molecule has 0 bridgehead atoms. The Balaban J connectivity index is 2.07.